The van der Waals surface area contributed by atoms with Gasteiger partial charge in [-0.25, -0.2) is 9.69 Å². The molecule has 2 aliphatic heterocycles. The molecule has 0 spiro atoms. The molecule has 9 heteroatoms. The van der Waals surface area contributed by atoms with E-state index in [1.165, 1.54) is 11.9 Å². The summed E-state index contributed by atoms with van der Waals surface area (Å²) in [6.07, 6.45) is 0.670. The second-order valence-corrected chi connectivity index (χ2v) is 5.03. The molecule has 0 aromatic carbocycles. The molecule has 0 bridgehead atoms. The summed E-state index contributed by atoms with van der Waals surface area (Å²) >= 11 is 0. The number of amides is 5. The highest BCUT2D eigenvalue weighted by atomic mass is 16.4. The van der Waals surface area contributed by atoms with Crippen LogP contribution in [0.4, 0.5) is 4.79 Å². The van der Waals surface area contributed by atoms with Crippen molar-refractivity contribution in [3.8, 4) is 0 Å². The van der Waals surface area contributed by atoms with Crippen LogP contribution in [0.2, 0.25) is 0 Å². The SMILES string of the molecule is CN1C(=O)C(=O)N(CC(=O)N2CCC(C(=O)O)CC2)C1=O. The first-order valence-corrected chi connectivity index (χ1v) is 6.47. The third kappa shape index (κ3) is 2.71. The number of carboxylic acids is 1. The van der Waals surface area contributed by atoms with E-state index in [2.05, 4.69) is 0 Å². The lowest BCUT2D eigenvalue weighted by molar-refractivity contribution is -0.147. The van der Waals surface area contributed by atoms with Gasteiger partial charge in [-0.1, -0.05) is 0 Å². The number of carbonyl (C=O) groups excluding carboxylic acids is 4. The zero-order valence-corrected chi connectivity index (χ0v) is 11.4. The summed E-state index contributed by atoms with van der Waals surface area (Å²) in [7, 11) is 1.17. The Bertz CT molecular complexity index is 523. The second-order valence-electron chi connectivity index (χ2n) is 5.03. The molecule has 0 unspecified atom stereocenters. The Morgan fingerprint density at radius 2 is 1.71 bits per heavy atom. The van der Waals surface area contributed by atoms with E-state index in [4.69, 9.17) is 5.11 Å². The average molecular weight is 297 g/mol. The fourth-order valence-corrected chi connectivity index (χ4v) is 2.36. The Hall–Kier alpha value is -2.45. The summed E-state index contributed by atoms with van der Waals surface area (Å²) in [6, 6.07) is -0.821. The van der Waals surface area contributed by atoms with Gasteiger partial charge in [0, 0.05) is 20.1 Å². The smallest absolute Gasteiger partial charge is 0.334 e. The molecule has 2 fully saturated rings. The van der Waals surface area contributed by atoms with E-state index in [9.17, 15) is 24.0 Å². The summed E-state index contributed by atoms with van der Waals surface area (Å²) in [4.78, 5) is 60.1. The number of likely N-dealkylation sites (tertiary alicyclic amines) is 1. The van der Waals surface area contributed by atoms with Crippen LogP contribution in [-0.2, 0) is 19.2 Å². The van der Waals surface area contributed by atoms with Crippen molar-refractivity contribution in [2.24, 2.45) is 5.92 Å². The lowest BCUT2D eigenvalue weighted by Crippen LogP contribution is -2.46. The van der Waals surface area contributed by atoms with Gasteiger partial charge in [0.15, 0.2) is 0 Å². The molecule has 2 aliphatic rings. The number of aliphatic carboxylic acids is 1. The van der Waals surface area contributed by atoms with Crippen LogP contribution in [0, 0.1) is 5.92 Å². The predicted molar refractivity (Wildman–Crippen MR) is 66.8 cm³/mol. The van der Waals surface area contributed by atoms with Gasteiger partial charge in [0.2, 0.25) is 5.91 Å². The van der Waals surface area contributed by atoms with Gasteiger partial charge in [-0.3, -0.25) is 24.1 Å². The van der Waals surface area contributed by atoms with Crippen molar-refractivity contribution in [1.29, 1.82) is 0 Å². The molecular formula is C12H15N3O6. The zero-order chi connectivity index (χ0) is 15.7. The fraction of sp³-hybridized carbons (Fsp3) is 0.583. The molecule has 21 heavy (non-hydrogen) atoms. The standard InChI is InChI=1S/C12H15N3O6/c1-13-9(17)10(18)15(12(13)21)6-8(16)14-4-2-7(3-5-14)11(19)20/h7H,2-6H2,1H3,(H,19,20). The third-order valence-corrected chi connectivity index (χ3v) is 3.74. The van der Waals surface area contributed by atoms with Gasteiger partial charge in [0.25, 0.3) is 0 Å². The van der Waals surface area contributed by atoms with Gasteiger partial charge in [0.1, 0.15) is 6.54 Å². The van der Waals surface area contributed by atoms with Crippen LogP contribution in [0.1, 0.15) is 12.8 Å². The molecular weight excluding hydrogens is 282 g/mol. The molecule has 0 atom stereocenters. The molecule has 0 saturated carbocycles. The van der Waals surface area contributed by atoms with E-state index in [1.54, 1.807) is 0 Å². The van der Waals surface area contributed by atoms with Crippen molar-refractivity contribution in [2.75, 3.05) is 26.7 Å². The minimum Gasteiger partial charge on any atom is -0.481 e. The maximum Gasteiger partial charge on any atom is 0.334 e. The monoisotopic (exact) mass is 297 g/mol. The summed E-state index contributed by atoms with van der Waals surface area (Å²) in [5.74, 6) is -3.81. The molecule has 1 N–H and O–H groups in total. The average Bonchev–Trinajstić information content (AvgIpc) is 2.65. The molecule has 0 aromatic heterocycles. The van der Waals surface area contributed by atoms with Crippen LogP contribution in [0.5, 0.6) is 0 Å². The van der Waals surface area contributed by atoms with Crippen LogP contribution in [0.3, 0.4) is 0 Å². The molecule has 0 aromatic rings. The molecule has 0 radical (unpaired) electrons. The third-order valence-electron chi connectivity index (χ3n) is 3.74. The number of hydrogen-bond donors (Lipinski definition) is 1. The Morgan fingerprint density at radius 3 is 2.14 bits per heavy atom. The molecule has 2 heterocycles. The van der Waals surface area contributed by atoms with E-state index < -0.39 is 42.2 Å². The van der Waals surface area contributed by atoms with Crippen molar-refractivity contribution in [3.63, 3.8) is 0 Å². The first kappa shape index (κ1) is 14.9. The number of urea groups is 1. The number of hydrogen-bond acceptors (Lipinski definition) is 5. The molecule has 2 saturated heterocycles. The lowest BCUT2D eigenvalue weighted by atomic mass is 9.97. The quantitative estimate of drug-likeness (QED) is 0.513. The highest BCUT2D eigenvalue weighted by molar-refractivity contribution is 6.44. The second kappa shape index (κ2) is 5.51. The van der Waals surface area contributed by atoms with E-state index in [0.29, 0.717) is 22.6 Å². The summed E-state index contributed by atoms with van der Waals surface area (Å²) in [5, 5.41) is 8.88. The van der Waals surface area contributed by atoms with Crippen LogP contribution in [0.25, 0.3) is 0 Å². The molecule has 114 valence electrons. The largest absolute Gasteiger partial charge is 0.481 e. The Morgan fingerprint density at radius 1 is 1.14 bits per heavy atom. The number of carboxylic acid groups (broad SMARTS) is 1. The lowest BCUT2D eigenvalue weighted by Gasteiger charge is -2.30. The maximum atomic E-state index is 12.0. The molecule has 0 aliphatic carbocycles. The Balaban J connectivity index is 1.94. The van der Waals surface area contributed by atoms with Gasteiger partial charge in [-0.2, -0.15) is 0 Å². The van der Waals surface area contributed by atoms with Gasteiger partial charge in [-0.15, -0.1) is 0 Å². The van der Waals surface area contributed by atoms with Crippen LogP contribution in [0.15, 0.2) is 0 Å². The van der Waals surface area contributed by atoms with E-state index in [1.807, 2.05) is 0 Å². The number of carbonyl (C=O) groups is 5. The summed E-state index contributed by atoms with van der Waals surface area (Å²) < 4.78 is 0. The first-order chi connectivity index (χ1) is 9.82. The Labute approximate surface area is 120 Å². The van der Waals surface area contributed by atoms with Crippen molar-refractivity contribution in [1.82, 2.24) is 14.7 Å². The van der Waals surface area contributed by atoms with Crippen molar-refractivity contribution >= 4 is 29.7 Å². The van der Waals surface area contributed by atoms with Crippen LogP contribution in [-0.4, -0.2) is 76.2 Å². The number of likely N-dealkylation sites (N-methyl/N-ethyl adjacent to an activating group) is 1. The summed E-state index contributed by atoms with van der Waals surface area (Å²) in [5.41, 5.74) is 0. The molecule has 5 amide bonds. The number of rotatable bonds is 3. The minimum atomic E-state index is -1.02. The predicted octanol–water partition coefficient (Wildman–Crippen LogP) is -1.27. The topological polar surface area (TPSA) is 115 Å². The van der Waals surface area contributed by atoms with E-state index in [0.717, 1.165) is 0 Å². The minimum absolute atomic E-state index is 0.260. The van der Waals surface area contributed by atoms with Gasteiger partial charge in [0.05, 0.1) is 5.92 Å². The summed E-state index contributed by atoms with van der Waals surface area (Å²) in [6.45, 7) is 0.0249. The van der Waals surface area contributed by atoms with Crippen LogP contribution >= 0.6 is 0 Å². The maximum absolute atomic E-state index is 12.0. The highest BCUT2D eigenvalue weighted by Gasteiger charge is 2.43. The molecule has 2 rings (SSSR count). The Kier molecular flexibility index (Phi) is 3.92. The molecule has 9 nitrogen and oxygen atoms in total. The van der Waals surface area contributed by atoms with E-state index >= 15 is 0 Å². The first-order valence-electron chi connectivity index (χ1n) is 6.47. The van der Waals surface area contributed by atoms with Crippen molar-refractivity contribution in [3.05, 3.63) is 0 Å². The van der Waals surface area contributed by atoms with Crippen molar-refractivity contribution in [2.45, 2.75) is 12.8 Å². The van der Waals surface area contributed by atoms with Crippen LogP contribution < -0.4 is 0 Å². The number of imide groups is 2. The van der Waals surface area contributed by atoms with Gasteiger partial charge in [-0.05, 0) is 12.8 Å². The number of piperidine rings is 1. The highest BCUT2D eigenvalue weighted by Crippen LogP contribution is 2.18. The number of nitrogens with zero attached hydrogens (tertiary/aromatic N) is 3. The van der Waals surface area contributed by atoms with Gasteiger partial charge < -0.3 is 10.0 Å². The zero-order valence-electron chi connectivity index (χ0n) is 11.4. The van der Waals surface area contributed by atoms with E-state index in [-0.39, 0.29) is 13.1 Å². The fourth-order valence-electron chi connectivity index (χ4n) is 2.36. The van der Waals surface area contributed by atoms with Gasteiger partial charge >= 0.3 is 23.8 Å². The normalized spacial score (nSPS) is 20.4. The van der Waals surface area contributed by atoms with Crippen molar-refractivity contribution < 1.29 is 29.1 Å².